The quantitative estimate of drug-likeness (QED) is 0.627. The van der Waals surface area contributed by atoms with Crippen molar-refractivity contribution in [2.45, 2.75) is 18.2 Å². The van der Waals surface area contributed by atoms with E-state index in [-0.39, 0.29) is 0 Å². The Morgan fingerprint density at radius 3 is 1.64 bits per heavy atom. The van der Waals surface area contributed by atoms with E-state index in [1.54, 1.807) is 0 Å². The Morgan fingerprint density at radius 2 is 1.36 bits per heavy atom. The van der Waals surface area contributed by atoms with Crippen LogP contribution < -0.4 is 0 Å². The largest absolute Gasteiger partial charge is 0.573 e. The van der Waals surface area contributed by atoms with Crippen LogP contribution >= 0.6 is 0 Å². The molecule has 0 bridgehead atoms. The molecule has 82 valence electrons. The van der Waals surface area contributed by atoms with E-state index in [0.29, 0.717) is 0 Å². The van der Waals surface area contributed by atoms with Gasteiger partial charge < -0.3 is 4.74 Å². The molecule has 0 unspecified atom stereocenters. The SMILES string of the molecule is FC1=C(OC(F)(F)F)C(F)(F)C1(F)F. The summed E-state index contributed by atoms with van der Waals surface area (Å²) in [6.07, 6.45) is -5.63. The molecule has 0 fully saturated rings. The van der Waals surface area contributed by atoms with E-state index in [9.17, 15) is 35.1 Å². The highest BCUT2D eigenvalue weighted by Gasteiger charge is 2.76. The van der Waals surface area contributed by atoms with Crippen LogP contribution in [0.2, 0.25) is 0 Å². The lowest BCUT2D eigenvalue weighted by molar-refractivity contribution is -0.343. The monoisotopic (exact) mass is 228 g/mol. The van der Waals surface area contributed by atoms with Crippen molar-refractivity contribution in [3.63, 3.8) is 0 Å². The van der Waals surface area contributed by atoms with E-state index in [0.717, 1.165) is 0 Å². The Balaban J connectivity index is 2.98. The third-order valence-corrected chi connectivity index (χ3v) is 1.37. The van der Waals surface area contributed by atoms with E-state index in [1.165, 1.54) is 0 Å². The fraction of sp³-hybridized carbons (Fsp3) is 0.600. The number of hydrogen-bond acceptors (Lipinski definition) is 1. The number of halogens is 8. The Hall–Kier alpha value is -1.02. The summed E-state index contributed by atoms with van der Waals surface area (Å²) in [5.41, 5.74) is 0. The average molecular weight is 228 g/mol. The zero-order chi connectivity index (χ0) is 11.4. The molecule has 1 aliphatic rings. The van der Waals surface area contributed by atoms with Gasteiger partial charge in [-0.2, -0.15) is 17.6 Å². The molecule has 0 atom stereocenters. The second-order valence-electron chi connectivity index (χ2n) is 2.34. The Morgan fingerprint density at radius 1 is 0.929 bits per heavy atom. The minimum Gasteiger partial charge on any atom is -0.400 e. The first-order valence-corrected chi connectivity index (χ1v) is 2.92. The van der Waals surface area contributed by atoms with Crippen molar-refractivity contribution in [1.29, 1.82) is 0 Å². The van der Waals surface area contributed by atoms with Crippen LogP contribution in [-0.4, -0.2) is 18.2 Å². The van der Waals surface area contributed by atoms with Crippen molar-refractivity contribution in [3.8, 4) is 0 Å². The van der Waals surface area contributed by atoms with E-state index in [4.69, 9.17) is 0 Å². The molecule has 1 aliphatic carbocycles. The molecule has 0 saturated heterocycles. The molecule has 0 heterocycles. The summed E-state index contributed by atoms with van der Waals surface area (Å²) in [5, 5.41) is 0. The smallest absolute Gasteiger partial charge is 0.400 e. The zero-order valence-electron chi connectivity index (χ0n) is 5.93. The van der Waals surface area contributed by atoms with Crippen molar-refractivity contribution >= 4 is 0 Å². The molecule has 0 amide bonds. The fourth-order valence-corrected chi connectivity index (χ4v) is 0.723. The van der Waals surface area contributed by atoms with Crippen LogP contribution in [0.4, 0.5) is 35.1 Å². The minimum absolute atomic E-state index is 2.41. The predicted octanol–water partition coefficient (Wildman–Crippen LogP) is 2.99. The van der Waals surface area contributed by atoms with Gasteiger partial charge in [-0.1, -0.05) is 0 Å². The number of ether oxygens (including phenoxy) is 1. The maximum Gasteiger partial charge on any atom is 0.573 e. The van der Waals surface area contributed by atoms with Gasteiger partial charge in [0, 0.05) is 0 Å². The molecule has 0 spiro atoms. The molecular formula is C5F8O. The molecule has 9 heteroatoms. The molecule has 0 aromatic carbocycles. The second-order valence-corrected chi connectivity index (χ2v) is 2.34. The van der Waals surface area contributed by atoms with Gasteiger partial charge in [0.15, 0.2) is 0 Å². The normalized spacial score (nSPS) is 24.6. The van der Waals surface area contributed by atoms with E-state index >= 15 is 0 Å². The topological polar surface area (TPSA) is 9.23 Å². The number of alkyl halides is 7. The third kappa shape index (κ3) is 1.30. The molecule has 1 rings (SSSR count). The Bertz CT molecular complexity index is 287. The molecule has 0 radical (unpaired) electrons. The lowest BCUT2D eigenvalue weighted by Crippen LogP contribution is -2.54. The standard InChI is InChI=1S/C5F8O/c6-1-2(14-5(11,12)13)4(9,10)3(1,7)8. The maximum absolute atomic E-state index is 12.1. The highest BCUT2D eigenvalue weighted by molar-refractivity contribution is 5.35. The van der Waals surface area contributed by atoms with Gasteiger partial charge in [-0.25, -0.2) is 4.39 Å². The van der Waals surface area contributed by atoms with Gasteiger partial charge in [-0.15, -0.1) is 13.2 Å². The summed E-state index contributed by atoms with van der Waals surface area (Å²) in [7, 11) is 0. The van der Waals surface area contributed by atoms with Gasteiger partial charge in [0.05, 0.1) is 0 Å². The van der Waals surface area contributed by atoms with Crippen LogP contribution in [0.1, 0.15) is 0 Å². The van der Waals surface area contributed by atoms with E-state index in [1.807, 2.05) is 0 Å². The molecule has 14 heavy (non-hydrogen) atoms. The second kappa shape index (κ2) is 2.51. The van der Waals surface area contributed by atoms with Crippen LogP contribution in [-0.2, 0) is 4.74 Å². The van der Waals surface area contributed by atoms with Gasteiger partial charge in [-0.3, -0.25) is 0 Å². The van der Waals surface area contributed by atoms with Gasteiger partial charge in [0.1, 0.15) is 0 Å². The molecule has 0 N–H and O–H groups in total. The maximum atomic E-state index is 12.1. The van der Waals surface area contributed by atoms with Crippen LogP contribution in [0, 0.1) is 0 Å². The van der Waals surface area contributed by atoms with Crippen LogP contribution in [0.3, 0.4) is 0 Å². The highest BCUT2D eigenvalue weighted by Crippen LogP contribution is 2.57. The van der Waals surface area contributed by atoms with Gasteiger partial charge in [0.2, 0.25) is 11.6 Å². The van der Waals surface area contributed by atoms with Crippen LogP contribution in [0.5, 0.6) is 0 Å². The number of allylic oxidation sites excluding steroid dienone is 2. The first-order chi connectivity index (χ1) is 6.00. The van der Waals surface area contributed by atoms with Gasteiger partial charge >= 0.3 is 18.2 Å². The van der Waals surface area contributed by atoms with Crippen molar-refractivity contribution < 1.29 is 39.9 Å². The fourth-order valence-electron chi connectivity index (χ4n) is 0.723. The summed E-state index contributed by atoms with van der Waals surface area (Å²) < 4.78 is 96.3. The number of rotatable bonds is 1. The number of hydrogen-bond donors (Lipinski definition) is 0. The van der Waals surface area contributed by atoms with Gasteiger partial charge in [-0.05, 0) is 0 Å². The van der Waals surface area contributed by atoms with Crippen LogP contribution in [0.25, 0.3) is 0 Å². The Labute approximate surface area is 70.9 Å². The van der Waals surface area contributed by atoms with Crippen molar-refractivity contribution in [2.24, 2.45) is 0 Å². The van der Waals surface area contributed by atoms with Gasteiger partial charge in [0.25, 0.3) is 0 Å². The molecule has 0 aromatic heterocycles. The predicted molar refractivity (Wildman–Crippen MR) is 25.2 cm³/mol. The minimum atomic E-state index is -5.63. The summed E-state index contributed by atoms with van der Waals surface area (Å²) in [5.74, 6) is -16.1. The molecule has 0 saturated carbocycles. The molecular weight excluding hydrogens is 228 g/mol. The summed E-state index contributed by atoms with van der Waals surface area (Å²) >= 11 is 0. The van der Waals surface area contributed by atoms with Crippen molar-refractivity contribution in [1.82, 2.24) is 0 Å². The van der Waals surface area contributed by atoms with E-state index in [2.05, 4.69) is 4.74 Å². The average Bonchev–Trinajstić information content (AvgIpc) is 1.96. The lowest BCUT2D eigenvalue weighted by atomic mass is 9.96. The van der Waals surface area contributed by atoms with E-state index < -0.39 is 29.8 Å². The lowest BCUT2D eigenvalue weighted by Gasteiger charge is -2.35. The summed E-state index contributed by atoms with van der Waals surface area (Å²) in [6, 6.07) is 0. The summed E-state index contributed by atoms with van der Waals surface area (Å²) in [4.78, 5) is 0. The Kier molecular flexibility index (Phi) is 1.98. The zero-order valence-corrected chi connectivity index (χ0v) is 5.93. The first kappa shape index (κ1) is 11.1. The van der Waals surface area contributed by atoms with Crippen LogP contribution in [0.15, 0.2) is 11.6 Å². The molecule has 1 nitrogen and oxygen atoms in total. The molecule has 0 aromatic rings. The highest BCUT2D eigenvalue weighted by atomic mass is 19.4. The van der Waals surface area contributed by atoms with Crippen molar-refractivity contribution in [2.75, 3.05) is 0 Å². The summed E-state index contributed by atoms with van der Waals surface area (Å²) in [6.45, 7) is 0. The van der Waals surface area contributed by atoms with Crippen molar-refractivity contribution in [3.05, 3.63) is 11.6 Å². The first-order valence-electron chi connectivity index (χ1n) is 2.92. The molecule has 0 aliphatic heterocycles. The third-order valence-electron chi connectivity index (χ3n) is 1.37.